The molecule has 4 heteroatoms. The zero-order valence-electron chi connectivity index (χ0n) is 11.2. The summed E-state index contributed by atoms with van der Waals surface area (Å²) in [7, 11) is 0. The van der Waals surface area contributed by atoms with Crippen LogP contribution in [0.15, 0.2) is 18.2 Å². The summed E-state index contributed by atoms with van der Waals surface area (Å²) in [5.41, 5.74) is 1.69. The molecule has 106 valence electrons. The predicted molar refractivity (Wildman–Crippen MR) is 76.1 cm³/mol. The van der Waals surface area contributed by atoms with Gasteiger partial charge in [0.05, 0.1) is 12.7 Å². The van der Waals surface area contributed by atoms with Gasteiger partial charge >= 0.3 is 0 Å². The lowest BCUT2D eigenvalue weighted by Crippen LogP contribution is -2.41. The van der Waals surface area contributed by atoms with Gasteiger partial charge in [0.25, 0.3) is 0 Å². The van der Waals surface area contributed by atoms with Crippen molar-refractivity contribution in [1.29, 1.82) is 0 Å². The third-order valence-electron chi connectivity index (χ3n) is 4.25. The summed E-state index contributed by atoms with van der Waals surface area (Å²) in [6.07, 6.45) is 4.98. The normalized spacial score (nSPS) is 29.1. The number of nitrogens with one attached hydrogen (secondary N) is 1. The van der Waals surface area contributed by atoms with Crippen LogP contribution in [0, 0.1) is 12.7 Å². The summed E-state index contributed by atoms with van der Waals surface area (Å²) in [5.74, 6) is -0.146. The number of halogens is 2. The Morgan fingerprint density at radius 1 is 1.26 bits per heavy atom. The fourth-order valence-electron chi connectivity index (χ4n) is 3.19. The van der Waals surface area contributed by atoms with E-state index in [1.807, 2.05) is 13.0 Å². The van der Waals surface area contributed by atoms with Gasteiger partial charge in [-0.1, -0.05) is 12.1 Å². The van der Waals surface area contributed by atoms with Crippen molar-refractivity contribution >= 4 is 12.4 Å². The van der Waals surface area contributed by atoms with Crippen molar-refractivity contribution in [2.75, 3.05) is 0 Å². The molecule has 1 aromatic rings. The SMILES string of the molecule is Cc1cccc(F)c1COC1C[C@H]2CC[C@@H](C1)N2.Cl. The van der Waals surface area contributed by atoms with E-state index in [1.165, 1.54) is 18.9 Å². The molecule has 2 aliphatic rings. The summed E-state index contributed by atoms with van der Waals surface area (Å²) < 4.78 is 19.6. The quantitative estimate of drug-likeness (QED) is 0.919. The smallest absolute Gasteiger partial charge is 0.128 e. The minimum absolute atomic E-state index is 0. The topological polar surface area (TPSA) is 21.3 Å². The first kappa shape index (κ1) is 14.8. The molecule has 1 N–H and O–H groups in total. The van der Waals surface area contributed by atoms with E-state index < -0.39 is 0 Å². The van der Waals surface area contributed by atoms with Gasteiger partial charge in [-0.25, -0.2) is 4.39 Å². The number of fused-ring (bicyclic) bond motifs is 2. The van der Waals surface area contributed by atoms with Crippen LogP contribution in [0.3, 0.4) is 0 Å². The van der Waals surface area contributed by atoms with E-state index in [1.54, 1.807) is 6.07 Å². The lowest BCUT2D eigenvalue weighted by Gasteiger charge is -2.29. The van der Waals surface area contributed by atoms with Gasteiger partial charge in [0.2, 0.25) is 0 Å². The van der Waals surface area contributed by atoms with Crippen LogP contribution in [0.2, 0.25) is 0 Å². The molecule has 0 spiro atoms. The maximum atomic E-state index is 13.7. The van der Waals surface area contributed by atoms with Gasteiger partial charge in [-0.15, -0.1) is 12.4 Å². The number of rotatable bonds is 3. The van der Waals surface area contributed by atoms with E-state index >= 15 is 0 Å². The fraction of sp³-hybridized carbons (Fsp3) is 0.600. The van der Waals surface area contributed by atoms with Crippen molar-refractivity contribution < 1.29 is 9.13 Å². The molecule has 19 heavy (non-hydrogen) atoms. The Labute approximate surface area is 120 Å². The average Bonchev–Trinajstić information content (AvgIpc) is 2.68. The Hall–Kier alpha value is -0.640. The minimum atomic E-state index is -0.146. The highest BCUT2D eigenvalue weighted by molar-refractivity contribution is 5.85. The first-order valence-corrected chi connectivity index (χ1v) is 6.84. The molecule has 1 unspecified atom stereocenters. The van der Waals surface area contributed by atoms with Crippen LogP contribution in [0.1, 0.15) is 36.8 Å². The van der Waals surface area contributed by atoms with Crippen molar-refractivity contribution in [2.24, 2.45) is 0 Å². The summed E-state index contributed by atoms with van der Waals surface area (Å²) in [6.45, 7) is 2.34. The molecule has 3 atom stereocenters. The molecule has 2 saturated heterocycles. The Morgan fingerprint density at radius 3 is 2.58 bits per heavy atom. The Morgan fingerprint density at radius 2 is 1.95 bits per heavy atom. The van der Waals surface area contributed by atoms with Crippen LogP contribution in [0.5, 0.6) is 0 Å². The van der Waals surface area contributed by atoms with Crippen LogP contribution in [0.4, 0.5) is 4.39 Å². The molecule has 2 nitrogen and oxygen atoms in total. The van der Waals surface area contributed by atoms with E-state index in [0.29, 0.717) is 30.4 Å². The number of piperidine rings is 1. The van der Waals surface area contributed by atoms with Crippen LogP contribution < -0.4 is 5.32 Å². The first-order valence-electron chi connectivity index (χ1n) is 6.84. The second kappa shape index (κ2) is 6.21. The van der Waals surface area contributed by atoms with Crippen LogP contribution in [-0.2, 0) is 11.3 Å². The van der Waals surface area contributed by atoms with Gasteiger partial charge in [-0.2, -0.15) is 0 Å². The van der Waals surface area contributed by atoms with E-state index in [0.717, 1.165) is 18.4 Å². The summed E-state index contributed by atoms with van der Waals surface area (Å²) in [6, 6.07) is 6.44. The van der Waals surface area contributed by atoms with E-state index in [-0.39, 0.29) is 18.2 Å². The third-order valence-corrected chi connectivity index (χ3v) is 4.25. The maximum Gasteiger partial charge on any atom is 0.128 e. The third kappa shape index (κ3) is 3.28. The highest BCUT2D eigenvalue weighted by Gasteiger charge is 2.33. The Bertz CT molecular complexity index is 408. The lowest BCUT2D eigenvalue weighted by molar-refractivity contribution is 0.00778. The zero-order valence-corrected chi connectivity index (χ0v) is 12.0. The van der Waals surface area contributed by atoms with E-state index in [2.05, 4.69) is 5.32 Å². The number of ether oxygens (including phenoxy) is 1. The number of aryl methyl sites for hydroxylation is 1. The molecule has 0 aromatic heterocycles. The number of benzene rings is 1. The molecular formula is C15H21ClFNO. The summed E-state index contributed by atoms with van der Waals surface area (Å²) >= 11 is 0. The molecule has 2 aliphatic heterocycles. The summed E-state index contributed by atoms with van der Waals surface area (Å²) in [4.78, 5) is 0. The molecular weight excluding hydrogens is 265 g/mol. The van der Waals surface area contributed by atoms with E-state index in [4.69, 9.17) is 4.74 Å². The molecule has 0 amide bonds. The van der Waals surface area contributed by atoms with Crippen LogP contribution >= 0.6 is 12.4 Å². The second-order valence-electron chi connectivity index (χ2n) is 5.58. The number of hydrogen-bond acceptors (Lipinski definition) is 2. The van der Waals surface area contributed by atoms with Gasteiger partial charge in [0.15, 0.2) is 0 Å². The monoisotopic (exact) mass is 285 g/mol. The molecule has 3 rings (SSSR count). The highest BCUT2D eigenvalue weighted by Crippen LogP contribution is 2.29. The molecule has 0 radical (unpaired) electrons. The minimum Gasteiger partial charge on any atom is -0.373 e. The molecule has 0 aliphatic carbocycles. The molecule has 2 fully saturated rings. The van der Waals surface area contributed by atoms with Gasteiger partial charge in [0.1, 0.15) is 5.82 Å². The Kier molecular flexibility index (Phi) is 4.82. The largest absolute Gasteiger partial charge is 0.373 e. The van der Waals surface area contributed by atoms with Crippen LogP contribution in [0.25, 0.3) is 0 Å². The van der Waals surface area contributed by atoms with Crippen LogP contribution in [-0.4, -0.2) is 18.2 Å². The Balaban J connectivity index is 0.00000133. The lowest BCUT2D eigenvalue weighted by atomic mass is 10.0. The van der Waals surface area contributed by atoms with Gasteiger partial charge in [-0.05, 0) is 44.2 Å². The van der Waals surface area contributed by atoms with Crippen molar-refractivity contribution in [1.82, 2.24) is 5.32 Å². The second-order valence-corrected chi connectivity index (χ2v) is 5.58. The average molecular weight is 286 g/mol. The zero-order chi connectivity index (χ0) is 12.5. The van der Waals surface area contributed by atoms with Gasteiger partial charge in [0, 0.05) is 17.6 Å². The number of hydrogen-bond donors (Lipinski definition) is 1. The maximum absolute atomic E-state index is 13.7. The standard InChI is InChI=1S/C15H20FNO.ClH/c1-10-3-2-4-15(16)14(10)9-18-13-7-11-5-6-12(8-13)17-11;/h2-4,11-13,17H,5-9H2,1H3;1H/t11-,12+,13?;. The predicted octanol–water partition coefficient (Wildman–Crippen LogP) is 3.36. The van der Waals surface area contributed by atoms with Gasteiger partial charge in [-0.3, -0.25) is 0 Å². The first-order chi connectivity index (χ1) is 8.72. The molecule has 2 heterocycles. The highest BCUT2D eigenvalue weighted by atomic mass is 35.5. The molecule has 1 aromatic carbocycles. The van der Waals surface area contributed by atoms with Gasteiger partial charge < -0.3 is 10.1 Å². The molecule has 2 bridgehead atoms. The van der Waals surface area contributed by atoms with E-state index in [9.17, 15) is 4.39 Å². The molecule has 0 saturated carbocycles. The summed E-state index contributed by atoms with van der Waals surface area (Å²) in [5, 5.41) is 3.59. The van der Waals surface area contributed by atoms with Crippen molar-refractivity contribution in [2.45, 2.75) is 57.4 Å². The van der Waals surface area contributed by atoms with Crippen molar-refractivity contribution in [3.63, 3.8) is 0 Å². The van der Waals surface area contributed by atoms with Crippen molar-refractivity contribution in [3.8, 4) is 0 Å². The fourth-order valence-corrected chi connectivity index (χ4v) is 3.19. The van der Waals surface area contributed by atoms with Crippen molar-refractivity contribution in [3.05, 3.63) is 35.1 Å².